The van der Waals surface area contributed by atoms with E-state index in [0.717, 1.165) is 27.9 Å². The number of ether oxygens (including phenoxy) is 1. The van der Waals surface area contributed by atoms with E-state index in [1.54, 1.807) is 12.1 Å². The number of fused-ring (bicyclic) bond motifs is 4. The maximum absolute atomic E-state index is 12.9. The molecule has 3 aromatic carbocycles. The van der Waals surface area contributed by atoms with Gasteiger partial charge in [0.05, 0.1) is 0 Å². The van der Waals surface area contributed by atoms with E-state index in [-0.39, 0.29) is 18.9 Å². The monoisotopic (exact) mass is 428 g/mol. The highest BCUT2D eigenvalue weighted by atomic mass is 16.5. The molecule has 1 unspecified atom stereocenters. The van der Waals surface area contributed by atoms with Gasteiger partial charge in [0.2, 0.25) is 0 Å². The number of carboxylic acid groups (broad SMARTS) is 1. The van der Waals surface area contributed by atoms with Crippen LogP contribution in [0.4, 0.5) is 10.5 Å². The highest BCUT2D eigenvalue weighted by Gasteiger charge is 2.47. The van der Waals surface area contributed by atoms with Crippen molar-refractivity contribution in [2.24, 2.45) is 0 Å². The van der Waals surface area contributed by atoms with E-state index in [4.69, 9.17) is 4.74 Å². The minimum Gasteiger partial charge on any atom is -0.479 e. The summed E-state index contributed by atoms with van der Waals surface area (Å²) < 4.78 is 5.63. The summed E-state index contributed by atoms with van der Waals surface area (Å²) in [6, 6.07) is 23.5. The van der Waals surface area contributed by atoms with Crippen LogP contribution in [-0.4, -0.2) is 37.4 Å². The van der Waals surface area contributed by atoms with E-state index >= 15 is 0 Å². The highest BCUT2D eigenvalue weighted by Crippen LogP contribution is 2.44. The van der Waals surface area contributed by atoms with E-state index in [1.165, 1.54) is 0 Å². The maximum atomic E-state index is 12.9. The Labute approximate surface area is 186 Å². The molecule has 0 fully saturated rings. The third kappa shape index (κ3) is 3.11. The van der Waals surface area contributed by atoms with Crippen LogP contribution in [0, 0.1) is 0 Å². The van der Waals surface area contributed by atoms with Gasteiger partial charge in [-0.25, -0.2) is 9.59 Å². The molecule has 0 spiro atoms. The molecule has 0 aromatic heterocycles. The Morgan fingerprint density at radius 1 is 1.00 bits per heavy atom. The van der Waals surface area contributed by atoms with Gasteiger partial charge in [-0.15, -0.1) is 0 Å². The minimum absolute atomic E-state index is 0.0845. The fraction of sp³-hybridized carbons (Fsp3) is 0.231. The van der Waals surface area contributed by atoms with Crippen molar-refractivity contribution in [2.75, 3.05) is 25.1 Å². The van der Waals surface area contributed by atoms with Crippen molar-refractivity contribution >= 4 is 17.7 Å². The van der Waals surface area contributed by atoms with E-state index in [9.17, 15) is 14.7 Å². The van der Waals surface area contributed by atoms with Gasteiger partial charge in [-0.1, -0.05) is 66.7 Å². The molecule has 6 heteroatoms. The van der Waals surface area contributed by atoms with E-state index in [0.29, 0.717) is 12.1 Å². The predicted molar refractivity (Wildman–Crippen MR) is 122 cm³/mol. The summed E-state index contributed by atoms with van der Waals surface area (Å²) >= 11 is 0. The molecular weight excluding hydrogens is 404 g/mol. The van der Waals surface area contributed by atoms with Gasteiger partial charge in [0.15, 0.2) is 5.54 Å². The van der Waals surface area contributed by atoms with E-state index in [2.05, 4.69) is 17.4 Å². The van der Waals surface area contributed by atoms with Gasteiger partial charge >= 0.3 is 12.1 Å². The number of aliphatic carboxylic acids is 1. The molecule has 32 heavy (non-hydrogen) atoms. The van der Waals surface area contributed by atoms with Crippen LogP contribution in [0.1, 0.15) is 29.0 Å². The van der Waals surface area contributed by atoms with Gasteiger partial charge in [-0.3, -0.25) is 0 Å². The third-order valence-corrected chi connectivity index (χ3v) is 6.62. The second-order valence-electron chi connectivity index (χ2n) is 8.35. The molecule has 2 N–H and O–H groups in total. The first kappa shape index (κ1) is 20.1. The predicted octanol–water partition coefficient (Wildman–Crippen LogP) is 4.35. The molecule has 0 saturated heterocycles. The number of para-hydroxylation sites is 1. The molecule has 0 bridgehead atoms. The van der Waals surface area contributed by atoms with Crippen molar-refractivity contribution in [3.63, 3.8) is 0 Å². The Balaban J connectivity index is 1.39. The molecule has 1 atom stereocenters. The molecule has 0 saturated carbocycles. The second kappa shape index (κ2) is 7.71. The molecule has 0 radical (unpaired) electrons. The van der Waals surface area contributed by atoms with Crippen LogP contribution in [-0.2, 0) is 15.1 Å². The van der Waals surface area contributed by atoms with E-state index < -0.39 is 17.6 Å². The van der Waals surface area contributed by atoms with Crippen molar-refractivity contribution < 1.29 is 19.4 Å². The summed E-state index contributed by atoms with van der Waals surface area (Å²) in [5.41, 5.74) is 4.34. The van der Waals surface area contributed by atoms with Crippen molar-refractivity contribution in [3.8, 4) is 11.1 Å². The smallest absolute Gasteiger partial charge is 0.408 e. The second-order valence-corrected chi connectivity index (χ2v) is 8.35. The molecule has 5 rings (SSSR count). The number of nitrogens with one attached hydrogen (secondary N) is 1. The van der Waals surface area contributed by atoms with E-state index in [1.807, 2.05) is 60.5 Å². The molecule has 1 aliphatic carbocycles. The van der Waals surface area contributed by atoms with Crippen LogP contribution in [0.5, 0.6) is 0 Å². The number of anilines is 1. The Morgan fingerprint density at radius 2 is 1.59 bits per heavy atom. The maximum Gasteiger partial charge on any atom is 0.408 e. The molecule has 1 heterocycles. The number of nitrogens with zero attached hydrogens (tertiary/aromatic N) is 1. The SMILES string of the molecule is CN1CCC(NC(=O)OCC2c3ccccc3-c3ccccc32)(C(=O)O)c2ccccc21. The number of benzene rings is 3. The average Bonchev–Trinajstić information content (AvgIpc) is 3.13. The number of rotatable bonds is 4. The Morgan fingerprint density at radius 3 is 2.25 bits per heavy atom. The standard InChI is InChI=1S/C26H24N2O4/c1-28-15-14-26(24(29)30,22-12-6-7-13-23(22)28)27-25(31)32-16-21-19-10-4-2-8-17(19)18-9-3-5-11-20(18)21/h2-13,21H,14-16H2,1H3,(H,27,31)(H,29,30). The van der Waals surface area contributed by atoms with Gasteiger partial charge in [0.25, 0.3) is 0 Å². The van der Waals surface area contributed by atoms with Crippen molar-refractivity contribution in [1.29, 1.82) is 0 Å². The molecule has 6 nitrogen and oxygen atoms in total. The number of carbonyl (C=O) groups is 2. The van der Waals surface area contributed by atoms with Gasteiger partial charge in [-0.05, 0) is 28.3 Å². The third-order valence-electron chi connectivity index (χ3n) is 6.62. The van der Waals surface area contributed by atoms with Crippen LogP contribution in [0.25, 0.3) is 11.1 Å². The van der Waals surface area contributed by atoms with Crippen molar-refractivity contribution in [3.05, 3.63) is 89.5 Å². The van der Waals surface area contributed by atoms with Crippen LogP contribution in [0.2, 0.25) is 0 Å². The lowest BCUT2D eigenvalue weighted by Crippen LogP contribution is -2.56. The zero-order chi connectivity index (χ0) is 22.3. The normalized spacial score (nSPS) is 19.0. The Bertz CT molecular complexity index is 1160. The first-order chi connectivity index (χ1) is 15.5. The lowest BCUT2D eigenvalue weighted by atomic mass is 9.82. The Hall–Kier alpha value is -3.80. The van der Waals surface area contributed by atoms with Gasteiger partial charge in [0, 0.05) is 37.2 Å². The number of amides is 1. The van der Waals surface area contributed by atoms with Crippen LogP contribution in [0.3, 0.4) is 0 Å². The average molecular weight is 428 g/mol. The molecule has 3 aromatic rings. The van der Waals surface area contributed by atoms with Gasteiger partial charge in [0.1, 0.15) is 6.61 Å². The van der Waals surface area contributed by atoms with Crippen LogP contribution < -0.4 is 10.2 Å². The quantitative estimate of drug-likeness (QED) is 0.646. The van der Waals surface area contributed by atoms with Crippen molar-refractivity contribution in [1.82, 2.24) is 5.32 Å². The highest BCUT2D eigenvalue weighted by molar-refractivity contribution is 5.89. The number of hydrogen-bond acceptors (Lipinski definition) is 4. The fourth-order valence-corrected chi connectivity index (χ4v) is 4.97. The summed E-state index contributed by atoms with van der Waals surface area (Å²) in [4.78, 5) is 27.3. The molecule has 162 valence electrons. The molecule has 2 aliphatic rings. The fourth-order valence-electron chi connectivity index (χ4n) is 4.97. The number of carbonyl (C=O) groups excluding carboxylic acids is 1. The summed E-state index contributed by atoms with van der Waals surface area (Å²) in [6.45, 7) is 0.643. The minimum atomic E-state index is -1.52. The summed E-state index contributed by atoms with van der Waals surface area (Å²) in [6.07, 6.45) is -0.478. The largest absolute Gasteiger partial charge is 0.479 e. The van der Waals surface area contributed by atoms with Crippen molar-refractivity contribution in [2.45, 2.75) is 17.9 Å². The van der Waals surface area contributed by atoms with Crippen LogP contribution in [0.15, 0.2) is 72.8 Å². The number of carboxylic acids is 1. The van der Waals surface area contributed by atoms with Gasteiger partial charge in [-0.2, -0.15) is 0 Å². The topological polar surface area (TPSA) is 78.9 Å². The first-order valence-electron chi connectivity index (χ1n) is 10.7. The van der Waals surface area contributed by atoms with Gasteiger partial charge < -0.3 is 20.1 Å². The summed E-state index contributed by atoms with van der Waals surface area (Å²) in [5.74, 6) is -1.18. The molecule has 1 amide bonds. The zero-order valence-electron chi connectivity index (χ0n) is 17.7. The zero-order valence-corrected chi connectivity index (χ0v) is 17.7. The molecule has 1 aliphatic heterocycles. The number of alkyl carbamates (subject to hydrolysis) is 1. The summed E-state index contributed by atoms with van der Waals surface area (Å²) in [5, 5.41) is 12.8. The Kier molecular flexibility index (Phi) is 4.85. The van der Waals surface area contributed by atoms with Crippen LogP contribution >= 0.6 is 0 Å². The lowest BCUT2D eigenvalue weighted by molar-refractivity contribution is -0.145. The lowest BCUT2D eigenvalue weighted by Gasteiger charge is -2.40. The first-order valence-corrected chi connectivity index (χ1v) is 10.7. The summed E-state index contributed by atoms with van der Waals surface area (Å²) in [7, 11) is 1.91. The molecular formula is C26H24N2O4. The number of hydrogen-bond donors (Lipinski definition) is 2.